The fourth-order valence-electron chi connectivity index (χ4n) is 1.85. The number of aromatic nitrogens is 2. The smallest absolute Gasteiger partial charge is 0.146 e. The maximum Gasteiger partial charge on any atom is 0.146 e. The highest BCUT2D eigenvalue weighted by atomic mass is 79.9. The number of furan rings is 1. The minimum atomic E-state index is 0.0769. The van der Waals surface area contributed by atoms with Crippen molar-refractivity contribution in [2.45, 2.75) is 26.8 Å². The van der Waals surface area contributed by atoms with Crippen LogP contribution in [0.5, 0.6) is 0 Å². The Hall–Kier alpha value is -1.56. The lowest BCUT2D eigenvalue weighted by molar-refractivity contribution is 0.499. The Morgan fingerprint density at radius 3 is 2.72 bits per heavy atom. The van der Waals surface area contributed by atoms with E-state index in [0.29, 0.717) is 16.1 Å². The third-order valence-corrected chi connectivity index (χ3v) is 3.50. The van der Waals surface area contributed by atoms with Gasteiger partial charge in [-0.1, -0.05) is 0 Å². The van der Waals surface area contributed by atoms with Crippen molar-refractivity contribution in [3.8, 4) is 0 Å². The van der Waals surface area contributed by atoms with Crippen molar-refractivity contribution in [2.24, 2.45) is 0 Å². The van der Waals surface area contributed by atoms with Crippen LogP contribution in [0.3, 0.4) is 0 Å². The second-order valence-corrected chi connectivity index (χ2v) is 4.95. The molecule has 2 rings (SSSR count). The summed E-state index contributed by atoms with van der Waals surface area (Å²) in [6.45, 7) is 5.92. The zero-order chi connectivity index (χ0) is 13.3. The van der Waals surface area contributed by atoms with E-state index >= 15 is 0 Å². The number of hydrogen-bond acceptors (Lipinski definition) is 5. The van der Waals surface area contributed by atoms with Crippen LogP contribution in [0.25, 0.3) is 0 Å². The second kappa shape index (κ2) is 4.97. The first-order chi connectivity index (χ1) is 8.49. The Balaban J connectivity index is 2.24. The topological polar surface area (TPSA) is 77.0 Å². The lowest BCUT2D eigenvalue weighted by atomic mass is 10.1. The molecule has 6 heteroatoms. The molecule has 18 heavy (non-hydrogen) atoms. The normalized spacial score (nSPS) is 12.4. The first-order valence-corrected chi connectivity index (χ1v) is 6.37. The zero-order valence-corrected chi connectivity index (χ0v) is 12.1. The monoisotopic (exact) mass is 310 g/mol. The molecule has 0 aromatic carbocycles. The van der Waals surface area contributed by atoms with Crippen molar-refractivity contribution in [2.75, 3.05) is 11.1 Å². The molecule has 0 saturated heterocycles. The molecule has 0 saturated carbocycles. The lowest BCUT2D eigenvalue weighted by Gasteiger charge is -2.15. The van der Waals surface area contributed by atoms with Crippen molar-refractivity contribution >= 4 is 27.6 Å². The summed E-state index contributed by atoms with van der Waals surface area (Å²) in [7, 11) is 0. The third kappa shape index (κ3) is 2.48. The lowest BCUT2D eigenvalue weighted by Crippen LogP contribution is -2.10. The van der Waals surface area contributed by atoms with Gasteiger partial charge in [0, 0.05) is 5.56 Å². The van der Waals surface area contributed by atoms with Gasteiger partial charge < -0.3 is 15.5 Å². The van der Waals surface area contributed by atoms with E-state index in [2.05, 4.69) is 31.2 Å². The number of nitrogens with two attached hydrogens (primary N) is 1. The average molecular weight is 311 g/mol. The molecule has 0 spiro atoms. The van der Waals surface area contributed by atoms with Gasteiger partial charge in [0.15, 0.2) is 0 Å². The van der Waals surface area contributed by atoms with E-state index in [4.69, 9.17) is 10.2 Å². The SMILES string of the molecule is Cc1cc(C(C)Nc2ncnc(N)c2Br)c(C)o1. The molecule has 0 aliphatic carbocycles. The Labute approximate surface area is 114 Å². The molecule has 96 valence electrons. The molecule has 5 nitrogen and oxygen atoms in total. The fourth-order valence-corrected chi connectivity index (χ4v) is 2.17. The number of rotatable bonds is 3. The van der Waals surface area contributed by atoms with Gasteiger partial charge in [0.1, 0.15) is 34.0 Å². The molecule has 0 bridgehead atoms. The summed E-state index contributed by atoms with van der Waals surface area (Å²) in [6.07, 6.45) is 1.43. The van der Waals surface area contributed by atoms with E-state index in [1.54, 1.807) is 0 Å². The quantitative estimate of drug-likeness (QED) is 0.910. The highest BCUT2D eigenvalue weighted by Crippen LogP contribution is 2.29. The van der Waals surface area contributed by atoms with Gasteiger partial charge in [0.05, 0.1) is 6.04 Å². The predicted molar refractivity (Wildman–Crippen MR) is 74.4 cm³/mol. The third-order valence-electron chi connectivity index (χ3n) is 2.72. The van der Waals surface area contributed by atoms with Crippen LogP contribution in [-0.4, -0.2) is 9.97 Å². The predicted octanol–water partition coefficient (Wildman–Crippen LogP) is 3.20. The number of anilines is 2. The molecule has 2 aromatic rings. The molecule has 0 amide bonds. The standard InChI is InChI=1S/C12H15BrN4O/c1-6-4-9(8(3)18-6)7(2)17-12-10(13)11(14)15-5-16-12/h4-5,7H,1-3H3,(H3,14,15,16,17). The Morgan fingerprint density at radius 1 is 1.39 bits per heavy atom. The Bertz CT molecular complexity index is 567. The van der Waals surface area contributed by atoms with E-state index in [1.807, 2.05) is 26.8 Å². The van der Waals surface area contributed by atoms with Gasteiger partial charge >= 0.3 is 0 Å². The number of nitrogens with one attached hydrogen (secondary N) is 1. The summed E-state index contributed by atoms with van der Waals surface area (Å²) < 4.78 is 6.19. The van der Waals surface area contributed by atoms with Gasteiger partial charge in [-0.05, 0) is 42.8 Å². The Kier molecular flexibility index (Phi) is 3.56. The highest BCUT2D eigenvalue weighted by molar-refractivity contribution is 9.10. The van der Waals surface area contributed by atoms with Crippen molar-refractivity contribution in [1.82, 2.24) is 9.97 Å². The Morgan fingerprint density at radius 2 is 2.11 bits per heavy atom. The number of nitrogen functional groups attached to an aromatic ring is 1. The van der Waals surface area contributed by atoms with E-state index in [1.165, 1.54) is 6.33 Å². The molecule has 1 unspecified atom stereocenters. The van der Waals surface area contributed by atoms with Crippen LogP contribution >= 0.6 is 15.9 Å². The summed E-state index contributed by atoms with van der Waals surface area (Å²) >= 11 is 3.37. The summed E-state index contributed by atoms with van der Waals surface area (Å²) in [5.74, 6) is 2.90. The highest BCUT2D eigenvalue weighted by Gasteiger charge is 2.15. The van der Waals surface area contributed by atoms with E-state index < -0.39 is 0 Å². The molecule has 3 N–H and O–H groups in total. The van der Waals surface area contributed by atoms with Gasteiger partial charge in [-0.15, -0.1) is 0 Å². The molecule has 2 heterocycles. The molecule has 0 aliphatic heterocycles. The van der Waals surface area contributed by atoms with E-state index in [-0.39, 0.29) is 6.04 Å². The van der Waals surface area contributed by atoms with Gasteiger partial charge in [-0.3, -0.25) is 0 Å². The van der Waals surface area contributed by atoms with Crippen LogP contribution < -0.4 is 11.1 Å². The number of aryl methyl sites for hydroxylation is 2. The minimum Gasteiger partial charge on any atom is -0.466 e. The maximum atomic E-state index is 5.71. The molecule has 0 aliphatic rings. The summed E-state index contributed by atoms with van der Waals surface area (Å²) in [5, 5.41) is 3.28. The van der Waals surface area contributed by atoms with Gasteiger partial charge in [0.2, 0.25) is 0 Å². The zero-order valence-electron chi connectivity index (χ0n) is 10.5. The summed E-state index contributed by atoms with van der Waals surface area (Å²) in [5.41, 5.74) is 6.82. The number of halogens is 1. The average Bonchev–Trinajstić information content (AvgIpc) is 2.64. The van der Waals surface area contributed by atoms with Crippen LogP contribution in [0.2, 0.25) is 0 Å². The fraction of sp³-hybridized carbons (Fsp3) is 0.333. The van der Waals surface area contributed by atoms with Gasteiger partial charge in [-0.25, -0.2) is 9.97 Å². The van der Waals surface area contributed by atoms with Crippen molar-refractivity contribution in [1.29, 1.82) is 0 Å². The maximum absolute atomic E-state index is 5.71. The molecule has 1 atom stereocenters. The van der Waals surface area contributed by atoms with Gasteiger partial charge in [0.25, 0.3) is 0 Å². The summed E-state index contributed by atoms with van der Waals surface area (Å²) in [6, 6.07) is 2.10. The van der Waals surface area contributed by atoms with Crippen LogP contribution in [0.15, 0.2) is 21.3 Å². The summed E-state index contributed by atoms with van der Waals surface area (Å²) in [4.78, 5) is 8.06. The van der Waals surface area contributed by atoms with Crippen molar-refractivity contribution < 1.29 is 4.42 Å². The molecule has 2 aromatic heterocycles. The second-order valence-electron chi connectivity index (χ2n) is 4.16. The first-order valence-electron chi connectivity index (χ1n) is 5.58. The van der Waals surface area contributed by atoms with Gasteiger partial charge in [-0.2, -0.15) is 0 Å². The van der Waals surface area contributed by atoms with Crippen LogP contribution in [0.1, 0.15) is 30.0 Å². The molecule has 0 radical (unpaired) electrons. The van der Waals surface area contributed by atoms with Crippen LogP contribution in [-0.2, 0) is 0 Å². The van der Waals surface area contributed by atoms with Crippen LogP contribution in [0.4, 0.5) is 11.6 Å². The molecular weight excluding hydrogens is 296 g/mol. The van der Waals surface area contributed by atoms with E-state index in [0.717, 1.165) is 17.1 Å². The first kappa shape index (κ1) is 12.9. The molecule has 0 fully saturated rings. The number of nitrogens with zero attached hydrogens (tertiary/aromatic N) is 2. The van der Waals surface area contributed by atoms with E-state index in [9.17, 15) is 0 Å². The molecular formula is C12H15BrN4O. The number of hydrogen-bond donors (Lipinski definition) is 2. The largest absolute Gasteiger partial charge is 0.466 e. The van der Waals surface area contributed by atoms with Crippen LogP contribution in [0, 0.1) is 13.8 Å². The van der Waals surface area contributed by atoms with Crippen molar-refractivity contribution in [3.63, 3.8) is 0 Å². The minimum absolute atomic E-state index is 0.0769. The van der Waals surface area contributed by atoms with Crippen molar-refractivity contribution in [3.05, 3.63) is 34.0 Å².